The smallest absolute Gasteiger partial charge is 0.335 e. The lowest BCUT2D eigenvalue weighted by Crippen LogP contribution is -1.96. The Morgan fingerprint density at radius 3 is 2.84 bits per heavy atom. The molecule has 0 spiro atoms. The largest absolute Gasteiger partial charge is 0.478 e. The molecular weight excluding hydrogens is 266 g/mol. The van der Waals surface area contributed by atoms with Gasteiger partial charge in [0, 0.05) is 11.6 Å². The van der Waals surface area contributed by atoms with Gasteiger partial charge in [-0.1, -0.05) is 23.7 Å². The van der Waals surface area contributed by atoms with Crippen LogP contribution in [0.1, 0.15) is 10.4 Å². The highest BCUT2D eigenvalue weighted by Gasteiger charge is 2.11. The predicted molar refractivity (Wildman–Crippen MR) is 71.4 cm³/mol. The monoisotopic (exact) mass is 273 g/mol. The molecule has 0 aliphatic rings. The molecule has 3 rings (SSSR count). The van der Waals surface area contributed by atoms with E-state index >= 15 is 0 Å². The van der Waals surface area contributed by atoms with E-state index in [0.29, 0.717) is 22.1 Å². The number of furan rings is 1. The Labute approximate surface area is 113 Å². The first-order valence-electron chi connectivity index (χ1n) is 5.53. The van der Waals surface area contributed by atoms with E-state index in [1.54, 1.807) is 12.1 Å². The van der Waals surface area contributed by atoms with Gasteiger partial charge in [0.15, 0.2) is 11.3 Å². The summed E-state index contributed by atoms with van der Waals surface area (Å²) < 4.78 is 5.63. The SMILES string of the molecule is O=C(O)c1ccnc(-c2cc3cccc(Cl)c3o2)c1. The van der Waals surface area contributed by atoms with E-state index in [1.165, 1.54) is 18.3 Å². The van der Waals surface area contributed by atoms with E-state index in [0.717, 1.165) is 5.39 Å². The van der Waals surface area contributed by atoms with Crippen LogP contribution in [0.5, 0.6) is 0 Å². The molecule has 1 aromatic carbocycles. The molecular formula is C14H8ClNO3. The average Bonchev–Trinajstić information content (AvgIpc) is 2.84. The molecule has 5 heteroatoms. The zero-order chi connectivity index (χ0) is 13.4. The molecule has 2 aromatic heterocycles. The molecule has 19 heavy (non-hydrogen) atoms. The maximum Gasteiger partial charge on any atom is 0.335 e. The van der Waals surface area contributed by atoms with E-state index in [4.69, 9.17) is 21.1 Å². The Morgan fingerprint density at radius 2 is 2.11 bits per heavy atom. The van der Waals surface area contributed by atoms with Gasteiger partial charge in [0.05, 0.1) is 10.6 Å². The molecule has 0 saturated carbocycles. The normalized spacial score (nSPS) is 10.8. The highest BCUT2D eigenvalue weighted by molar-refractivity contribution is 6.34. The number of pyridine rings is 1. The fourth-order valence-electron chi connectivity index (χ4n) is 1.85. The summed E-state index contributed by atoms with van der Waals surface area (Å²) in [6.45, 7) is 0. The van der Waals surface area contributed by atoms with Gasteiger partial charge in [-0.25, -0.2) is 4.79 Å². The number of rotatable bonds is 2. The molecule has 0 saturated heterocycles. The third kappa shape index (κ3) is 2.06. The van der Waals surface area contributed by atoms with Crippen LogP contribution in [0.15, 0.2) is 47.0 Å². The zero-order valence-electron chi connectivity index (χ0n) is 9.63. The average molecular weight is 274 g/mol. The van der Waals surface area contributed by atoms with E-state index in [-0.39, 0.29) is 5.56 Å². The van der Waals surface area contributed by atoms with Gasteiger partial charge in [-0.15, -0.1) is 0 Å². The number of para-hydroxylation sites is 1. The number of carboxylic acids is 1. The highest BCUT2D eigenvalue weighted by Crippen LogP contribution is 2.31. The van der Waals surface area contributed by atoms with Gasteiger partial charge in [0.25, 0.3) is 0 Å². The topological polar surface area (TPSA) is 63.3 Å². The Bertz CT molecular complexity index is 779. The van der Waals surface area contributed by atoms with Gasteiger partial charge >= 0.3 is 5.97 Å². The second kappa shape index (κ2) is 4.40. The summed E-state index contributed by atoms with van der Waals surface area (Å²) >= 11 is 6.03. The van der Waals surface area contributed by atoms with Crippen molar-refractivity contribution in [1.29, 1.82) is 0 Å². The van der Waals surface area contributed by atoms with Crippen LogP contribution in [0.25, 0.3) is 22.4 Å². The van der Waals surface area contributed by atoms with Crippen molar-refractivity contribution in [2.45, 2.75) is 0 Å². The lowest BCUT2D eigenvalue weighted by atomic mass is 10.2. The molecule has 2 heterocycles. The summed E-state index contributed by atoms with van der Waals surface area (Å²) in [4.78, 5) is 15.0. The molecule has 94 valence electrons. The van der Waals surface area contributed by atoms with Crippen LogP contribution in [0, 0.1) is 0 Å². The first-order chi connectivity index (χ1) is 9.15. The van der Waals surface area contributed by atoms with Gasteiger partial charge in [-0.3, -0.25) is 4.98 Å². The number of nitrogens with zero attached hydrogens (tertiary/aromatic N) is 1. The third-order valence-corrected chi connectivity index (χ3v) is 3.05. The van der Waals surface area contributed by atoms with Crippen LogP contribution in [0.3, 0.4) is 0 Å². The van der Waals surface area contributed by atoms with Gasteiger partial charge < -0.3 is 9.52 Å². The summed E-state index contributed by atoms with van der Waals surface area (Å²) in [6.07, 6.45) is 1.44. The van der Waals surface area contributed by atoms with Crippen LogP contribution in [-0.2, 0) is 0 Å². The second-order valence-corrected chi connectivity index (χ2v) is 4.41. The van der Waals surface area contributed by atoms with Gasteiger partial charge in [0.1, 0.15) is 5.69 Å². The molecule has 0 fully saturated rings. The summed E-state index contributed by atoms with van der Waals surface area (Å²) in [5, 5.41) is 10.3. The second-order valence-electron chi connectivity index (χ2n) is 4.00. The fourth-order valence-corrected chi connectivity index (χ4v) is 2.07. The molecule has 0 amide bonds. The van der Waals surface area contributed by atoms with Crippen LogP contribution in [0.2, 0.25) is 5.02 Å². The number of fused-ring (bicyclic) bond motifs is 1. The molecule has 4 nitrogen and oxygen atoms in total. The summed E-state index contributed by atoms with van der Waals surface area (Å²) in [7, 11) is 0. The minimum atomic E-state index is -1.00. The van der Waals surface area contributed by atoms with Crippen LogP contribution in [-0.4, -0.2) is 16.1 Å². The van der Waals surface area contributed by atoms with Crippen molar-refractivity contribution in [2.24, 2.45) is 0 Å². The Morgan fingerprint density at radius 1 is 1.26 bits per heavy atom. The summed E-state index contributed by atoms with van der Waals surface area (Å²) in [5.41, 5.74) is 1.20. The van der Waals surface area contributed by atoms with E-state index < -0.39 is 5.97 Å². The third-order valence-electron chi connectivity index (χ3n) is 2.76. The number of halogens is 1. The van der Waals surface area contributed by atoms with Gasteiger partial charge in [-0.05, 0) is 24.3 Å². The molecule has 0 aliphatic carbocycles. The van der Waals surface area contributed by atoms with Crippen LogP contribution in [0.4, 0.5) is 0 Å². The van der Waals surface area contributed by atoms with Crippen molar-refractivity contribution >= 4 is 28.5 Å². The molecule has 0 radical (unpaired) electrons. The van der Waals surface area contributed by atoms with Crippen LogP contribution < -0.4 is 0 Å². The maximum absolute atomic E-state index is 10.9. The summed E-state index contributed by atoms with van der Waals surface area (Å²) in [6, 6.07) is 10.1. The highest BCUT2D eigenvalue weighted by atomic mass is 35.5. The van der Waals surface area contributed by atoms with E-state index in [2.05, 4.69) is 4.98 Å². The van der Waals surface area contributed by atoms with Gasteiger partial charge in [0.2, 0.25) is 0 Å². The van der Waals surface area contributed by atoms with Crippen molar-refractivity contribution in [2.75, 3.05) is 0 Å². The Kier molecular flexibility index (Phi) is 2.72. The van der Waals surface area contributed by atoms with E-state index in [1.807, 2.05) is 12.1 Å². The summed E-state index contributed by atoms with van der Waals surface area (Å²) in [5.74, 6) is -0.510. The van der Waals surface area contributed by atoms with Crippen molar-refractivity contribution in [3.05, 3.63) is 53.2 Å². The quantitative estimate of drug-likeness (QED) is 0.770. The number of hydrogen-bond donors (Lipinski definition) is 1. The van der Waals surface area contributed by atoms with Crippen molar-refractivity contribution in [1.82, 2.24) is 4.98 Å². The standard InChI is InChI=1S/C14H8ClNO3/c15-10-3-1-2-8-7-12(19-13(8)10)11-6-9(14(17)18)4-5-16-11/h1-7H,(H,17,18). The first kappa shape index (κ1) is 11.7. The van der Waals surface area contributed by atoms with E-state index in [9.17, 15) is 4.79 Å². The fraction of sp³-hybridized carbons (Fsp3) is 0. The molecule has 3 aromatic rings. The lowest BCUT2D eigenvalue weighted by molar-refractivity contribution is 0.0697. The minimum absolute atomic E-state index is 0.163. The minimum Gasteiger partial charge on any atom is -0.478 e. The first-order valence-corrected chi connectivity index (χ1v) is 5.91. The van der Waals surface area contributed by atoms with Crippen molar-refractivity contribution in [3.63, 3.8) is 0 Å². The number of carboxylic acid groups (broad SMARTS) is 1. The Hall–Kier alpha value is -2.33. The Balaban J connectivity index is 2.16. The van der Waals surface area contributed by atoms with Crippen molar-refractivity contribution < 1.29 is 14.3 Å². The number of aromatic carboxylic acids is 1. The zero-order valence-corrected chi connectivity index (χ0v) is 10.4. The maximum atomic E-state index is 10.9. The lowest BCUT2D eigenvalue weighted by Gasteiger charge is -1.97. The molecule has 0 atom stereocenters. The van der Waals surface area contributed by atoms with Crippen LogP contribution >= 0.6 is 11.6 Å². The number of aromatic nitrogens is 1. The molecule has 1 N–H and O–H groups in total. The van der Waals surface area contributed by atoms with Crippen molar-refractivity contribution in [3.8, 4) is 11.5 Å². The number of hydrogen-bond acceptors (Lipinski definition) is 3. The molecule has 0 bridgehead atoms. The molecule has 0 aliphatic heterocycles. The number of carbonyl (C=O) groups is 1. The number of benzene rings is 1. The van der Waals surface area contributed by atoms with Gasteiger partial charge in [-0.2, -0.15) is 0 Å². The predicted octanol–water partition coefficient (Wildman–Crippen LogP) is 3.85. The molecule has 0 unspecified atom stereocenters.